The predicted molar refractivity (Wildman–Crippen MR) is 144 cm³/mol. The molecule has 1 saturated heterocycles. The van der Waals surface area contributed by atoms with Gasteiger partial charge in [-0.1, -0.05) is 0 Å². The maximum absolute atomic E-state index is 5.41. The van der Waals surface area contributed by atoms with Crippen LogP contribution in [0, 0.1) is 6.92 Å². The monoisotopic (exact) mass is 573 g/mol. The smallest absolute Gasteiger partial charge is 0.191 e. The number of unbranched alkanes of at least 4 members (excludes halogenated alkanes) is 1. The first-order valence-corrected chi connectivity index (χ1v) is 11.9. The number of hydrogen-bond donors (Lipinski definition) is 2. The van der Waals surface area contributed by atoms with Gasteiger partial charge in [0.05, 0.1) is 19.2 Å². The number of aromatic nitrogens is 1. The van der Waals surface area contributed by atoms with Crippen LogP contribution in [-0.4, -0.2) is 57.9 Å². The molecule has 2 N–H and O–H groups in total. The van der Waals surface area contributed by atoms with E-state index in [0.29, 0.717) is 6.04 Å². The average molecular weight is 574 g/mol. The summed E-state index contributed by atoms with van der Waals surface area (Å²) in [5, 5.41) is 10.4. The van der Waals surface area contributed by atoms with Crippen LogP contribution in [-0.2, 0) is 6.42 Å². The quantitative estimate of drug-likeness (QED) is 0.203. The molecule has 32 heavy (non-hydrogen) atoms. The summed E-state index contributed by atoms with van der Waals surface area (Å²) < 4.78 is 10.8. The Hall–Kier alpha value is -1.75. The summed E-state index contributed by atoms with van der Waals surface area (Å²) in [5.74, 6) is 2.54. The zero-order chi connectivity index (χ0) is 22.1. The van der Waals surface area contributed by atoms with Crippen LogP contribution < -0.4 is 25.0 Å². The van der Waals surface area contributed by atoms with Crippen molar-refractivity contribution in [1.82, 2.24) is 15.6 Å². The fraction of sp³-hybridized carbons (Fsp3) is 0.565. The molecule has 0 atom stereocenters. The zero-order valence-electron chi connectivity index (χ0n) is 19.5. The largest absolute Gasteiger partial charge is 0.497 e. The molecule has 0 amide bonds. The number of hydrogen-bond acceptors (Lipinski definition) is 6. The van der Waals surface area contributed by atoms with Gasteiger partial charge < -0.3 is 25.0 Å². The van der Waals surface area contributed by atoms with Crippen LogP contribution in [0.2, 0.25) is 0 Å². The number of benzene rings is 1. The highest BCUT2D eigenvalue weighted by molar-refractivity contribution is 14.0. The van der Waals surface area contributed by atoms with Crippen LogP contribution in [0.4, 0.5) is 5.69 Å². The van der Waals surface area contributed by atoms with E-state index in [1.807, 2.05) is 13.1 Å². The van der Waals surface area contributed by atoms with Crippen molar-refractivity contribution in [3.05, 3.63) is 34.3 Å². The molecule has 1 aliphatic heterocycles. The van der Waals surface area contributed by atoms with E-state index in [2.05, 4.69) is 49.9 Å². The number of aliphatic imine (C=N–C) groups is 1. The topological polar surface area (TPSA) is 71.0 Å². The molecule has 3 rings (SSSR count). The second kappa shape index (κ2) is 13.7. The summed E-state index contributed by atoms with van der Waals surface area (Å²) in [7, 11) is 5.21. The number of nitrogens with zero attached hydrogens (tertiary/aromatic N) is 3. The molecule has 1 aromatic carbocycles. The van der Waals surface area contributed by atoms with Crippen LogP contribution in [0.25, 0.3) is 0 Å². The SMILES string of the molecule is CN=C(NCCCCc1nc(C)cs1)NC1CCN(c2cc(OC)cc(OC)c2)CC1.I. The fourth-order valence-electron chi connectivity index (χ4n) is 3.77. The van der Waals surface area contributed by atoms with E-state index in [9.17, 15) is 0 Å². The Morgan fingerprint density at radius 3 is 2.41 bits per heavy atom. The number of nitrogens with one attached hydrogen (secondary N) is 2. The van der Waals surface area contributed by atoms with Gasteiger partial charge in [-0.25, -0.2) is 4.98 Å². The molecule has 0 spiro atoms. The predicted octanol–water partition coefficient (Wildman–Crippen LogP) is 4.24. The molecule has 0 saturated carbocycles. The Morgan fingerprint density at radius 2 is 1.84 bits per heavy atom. The van der Waals surface area contributed by atoms with Crippen LogP contribution in [0.5, 0.6) is 11.5 Å². The van der Waals surface area contributed by atoms with Crippen LogP contribution >= 0.6 is 35.3 Å². The van der Waals surface area contributed by atoms with E-state index < -0.39 is 0 Å². The second-order valence-corrected chi connectivity index (χ2v) is 8.76. The lowest BCUT2D eigenvalue weighted by atomic mass is 10.0. The molecule has 178 valence electrons. The van der Waals surface area contributed by atoms with E-state index in [1.165, 1.54) is 5.01 Å². The number of rotatable bonds is 9. The summed E-state index contributed by atoms with van der Waals surface area (Å²) in [6.45, 7) is 4.94. The molecule has 1 aliphatic rings. The lowest BCUT2D eigenvalue weighted by molar-refractivity contribution is 0.393. The molecule has 0 radical (unpaired) electrons. The second-order valence-electron chi connectivity index (χ2n) is 7.82. The Labute approximate surface area is 213 Å². The Morgan fingerprint density at radius 1 is 1.16 bits per heavy atom. The molecule has 1 fully saturated rings. The summed E-state index contributed by atoms with van der Waals surface area (Å²) in [4.78, 5) is 11.3. The lowest BCUT2D eigenvalue weighted by Gasteiger charge is -2.34. The molecule has 7 nitrogen and oxygen atoms in total. The van der Waals surface area contributed by atoms with Gasteiger partial charge in [-0.05, 0) is 39.0 Å². The van der Waals surface area contributed by atoms with Crippen molar-refractivity contribution in [2.24, 2.45) is 4.99 Å². The average Bonchev–Trinajstić information content (AvgIpc) is 3.22. The fourth-order valence-corrected chi connectivity index (χ4v) is 4.59. The Balaban J connectivity index is 0.00000363. The highest BCUT2D eigenvalue weighted by Gasteiger charge is 2.21. The third-order valence-electron chi connectivity index (χ3n) is 5.54. The van der Waals surface area contributed by atoms with E-state index in [0.717, 1.165) is 80.6 Å². The molecule has 2 heterocycles. The van der Waals surface area contributed by atoms with Crippen molar-refractivity contribution >= 4 is 47.0 Å². The minimum absolute atomic E-state index is 0. The molecule has 1 aromatic heterocycles. The summed E-state index contributed by atoms with van der Waals surface area (Å²) in [6.07, 6.45) is 5.42. The van der Waals surface area contributed by atoms with Crippen LogP contribution in [0.15, 0.2) is 28.6 Å². The van der Waals surface area contributed by atoms with Crippen molar-refractivity contribution in [3.8, 4) is 11.5 Å². The first-order chi connectivity index (χ1) is 15.1. The molecule has 0 unspecified atom stereocenters. The summed E-state index contributed by atoms with van der Waals surface area (Å²) >= 11 is 1.76. The van der Waals surface area contributed by atoms with Gasteiger partial charge in [0.2, 0.25) is 0 Å². The Bertz CT molecular complexity index is 830. The Kier molecular flexibility index (Phi) is 11.4. The molecular formula is C23H36IN5O2S. The zero-order valence-corrected chi connectivity index (χ0v) is 22.7. The van der Waals surface area contributed by atoms with Gasteiger partial charge in [0.1, 0.15) is 11.5 Å². The molecular weight excluding hydrogens is 537 g/mol. The number of methoxy groups -OCH3 is 2. The minimum atomic E-state index is 0. The minimum Gasteiger partial charge on any atom is -0.497 e. The number of thiazole rings is 1. The van der Waals surface area contributed by atoms with Gasteiger partial charge in [-0.15, -0.1) is 35.3 Å². The van der Waals surface area contributed by atoms with Crippen molar-refractivity contribution in [2.75, 3.05) is 45.8 Å². The molecule has 9 heteroatoms. The summed E-state index contributed by atoms with van der Waals surface area (Å²) in [6, 6.07) is 6.48. The van der Waals surface area contributed by atoms with Crippen LogP contribution in [0.1, 0.15) is 36.4 Å². The molecule has 0 bridgehead atoms. The standard InChI is InChI=1S/C23H35N5O2S.HI/c1-17-16-31-22(26-17)7-5-6-10-25-23(24-2)27-18-8-11-28(12-9-18)19-13-20(29-3)15-21(14-19)30-4;/h13-16,18H,5-12H2,1-4H3,(H2,24,25,27);1H. The summed E-state index contributed by atoms with van der Waals surface area (Å²) in [5.41, 5.74) is 2.27. The van der Waals surface area contributed by atoms with Crippen molar-refractivity contribution in [2.45, 2.75) is 45.1 Å². The maximum atomic E-state index is 5.41. The normalized spacial score (nSPS) is 14.6. The third-order valence-corrected chi connectivity index (χ3v) is 6.56. The molecule has 2 aromatic rings. The first-order valence-electron chi connectivity index (χ1n) is 11.0. The maximum Gasteiger partial charge on any atom is 0.191 e. The van der Waals surface area contributed by atoms with Crippen molar-refractivity contribution < 1.29 is 9.47 Å². The van der Waals surface area contributed by atoms with Gasteiger partial charge in [0.15, 0.2) is 5.96 Å². The van der Waals surface area contributed by atoms with E-state index in [4.69, 9.17) is 9.47 Å². The van der Waals surface area contributed by atoms with Gasteiger partial charge in [-0.2, -0.15) is 0 Å². The van der Waals surface area contributed by atoms with E-state index >= 15 is 0 Å². The molecule has 0 aliphatic carbocycles. The van der Waals surface area contributed by atoms with Gasteiger partial charge in [0, 0.05) is 67.7 Å². The first kappa shape index (κ1) is 26.5. The third kappa shape index (κ3) is 7.99. The van der Waals surface area contributed by atoms with Crippen molar-refractivity contribution in [1.29, 1.82) is 0 Å². The van der Waals surface area contributed by atoms with Crippen LogP contribution in [0.3, 0.4) is 0 Å². The van der Waals surface area contributed by atoms with E-state index in [1.54, 1.807) is 25.6 Å². The highest BCUT2D eigenvalue weighted by atomic mass is 127. The number of ether oxygens (including phenoxy) is 2. The van der Waals surface area contributed by atoms with Gasteiger partial charge in [-0.3, -0.25) is 4.99 Å². The van der Waals surface area contributed by atoms with Crippen molar-refractivity contribution in [3.63, 3.8) is 0 Å². The van der Waals surface area contributed by atoms with Gasteiger partial charge in [0.25, 0.3) is 0 Å². The number of halogens is 1. The number of guanidine groups is 1. The number of aryl methyl sites for hydroxylation is 2. The van der Waals surface area contributed by atoms with Gasteiger partial charge >= 0.3 is 0 Å². The highest BCUT2D eigenvalue weighted by Crippen LogP contribution is 2.30. The van der Waals surface area contributed by atoms with E-state index in [-0.39, 0.29) is 24.0 Å². The lowest BCUT2D eigenvalue weighted by Crippen LogP contribution is -2.48. The number of anilines is 1. The number of piperidine rings is 1.